The molecule has 1 aliphatic carbocycles. The van der Waals surface area contributed by atoms with E-state index in [4.69, 9.17) is 5.21 Å². The van der Waals surface area contributed by atoms with Crippen LogP contribution in [0.2, 0.25) is 0 Å². The highest BCUT2D eigenvalue weighted by Crippen LogP contribution is 2.30. The van der Waals surface area contributed by atoms with Crippen LogP contribution in [-0.2, 0) is 0 Å². The third-order valence-corrected chi connectivity index (χ3v) is 4.56. The van der Waals surface area contributed by atoms with Gasteiger partial charge in [0.2, 0.25) is 0 Å². The van der Waals surface area contributed by atoms with Crippen molar-refractivity contribution >= 4 is 5.71 Å². The second-order valence-corrected chi connectivity index (χ2v) is 5.97. The molecule has 104 valence electrons. The molecule has 1 saturated heterocycles. The van der Waals surface area contributed by atoms with Gasteiger partial charge in [-0.1, -0.05) is 31.3 Å². The summed E-state index contributed by atoms with van der Waals surface area (Å²) < 4.78 is 0. The van der Waals surface area contributed by atoms with Crippen molar-refractivity contribution in [3.05, 3.63) is 0 Å². The largest absolute Gasteiger partial charge is 0.411 e. The van der Waals surface area contributed by atoms with E-state index in [1.165, 1.54) is 6.42 Å². The van der Waals surface area contributed by atoms with E-state index in [2.05, 4.69) is 17.0 Å². The molecule has 18 heavy (non-hydrogen) atoms. The fraction of sp³-hybridized carbons (Fsp3) is 0.929. The Hall–Kier alpha value is -0.610. The predicted octanol–water partition coefficient (Wildman–Crippen LogP) is 2.24. The van der Waals surface area contributed by atoms with Gasteiger partial charge in [0.25, 0.3) is 0 Å². The van der Waals surface area contributed by atoms with Gasteiger partial charge in [-0.3, -0.25) is 4.90 Å². The van der Waals surface area contributed by atoms with Crippen LogP contribution in [0, 0.1) is 5.92 Å². The van der Waals surface area contributed by atoms with Crippen molar-refractivity contribution in [2.24, 2.45) is 11.1 Å². The van der Waals surface area contributed by atoms with E-state index in [1.807, 2.05) is 0 Å². The molecular formula is C14H26N2O2. The minimum absolute atomic E-state index is 0.357. The van der Waals surface area contributed by atoms with Crippen LogP contribution in [-0.4, -0.2) is 46.2 Å². The fourth-order valence-electron chi connectivity index (χ4n) is 3.41. The minimum atomic E-state index is -0.468. The normalized spacial score (nSPS) is 31.7. The number of aliphatic hydroxyl groups is 1. The predicted molar refractivity (Wildman–Crippen MR) is 72.1 cm³/mol. The standard InChI is InChI=1S/C14H26N2O2/c1-2-12-10-16(9-6-13(12)15-18)11-14(17)7-4-3-5-8-14/h12,17-18H,2-11H2,1H3. The van der Waals surface area contributed by atoms with Crippen LogP contribution in [0.15, 0.2) is 5.16 Å². The third kappa shape index (κ3) is 3.23. The zero-order valence-electron chi connectivity index (χ0n) is 11.4. The van der Waals surface area contributed by atoms with Crippen molar-refractivity contribution in [2.45, 2.75) is 57.5 Å². The van der Waals surface area contributed by atoms with Crippen molar-refractivity contribution in [3.63, 3.8) is 0 Å². The lowest BCUT2D eigenvalue weighted by molar-refractivity contribution is -0.0290. The van der Waals surface area contributed by atoms with E-state index < -0.39 is 5.60 Å². The minimum Gasteiger partial charge on any atom is -0.411 e. The number of β-amino-alcohol motifs (C(OH)–C–C–N with tert-alkyl or cyclic N) is 1. The first kappa shape index (κ1) is 13.8. The molecule has 0 amide bonds. The van der Waals surface area contributed by atoms with Crippen molar-refractivity contribution in [2.75, 3.05) is 19.6 Å². The van der Waals surface area contributed by atoms with Gasteiger partial charge in [-0.15, -0.1) is 0 Å². The van der Waals surface area contributed by atoms with Crippen LogP contribution in [0.3, 0.4) is 0 Å². The third-order valence-electron chi connectivity index (χ3n) is 4.56. The molecule has 1 unspecified atom stereocenters. The van der Waals surface area contributed by atoms with E-state index >= 15 is 0 Å². The lowest BCUT2D eigenvalue weighted by Crippen LogP contribution is -2.49. The molecule has 2 rings (SSSR count). The highest BCUT2D eigenvalue weighted by atomic mass is 16.4. The van der Waals surface area contributed by atoms with Crippen LogP contribution < -0.4 is 0 Å². The highest BCUT2D eigenvalue weighted by Gasteiger charge is 2.34. The molecule has 0 aromatic rings. The molecule has 0 aromatic heterocycles. The molecule has 0 bridgehead atoms. The fourth-order valence-corrected chi connectivity index (χ4v) is 3.41. The Morgan fingerprint density at radius 1 is 1.33 bits per heavy atom. The average Bonchev–Trinajstić information content (AvgIpc) is 2.39. The molecule has 0 aromatic carbocycles. The van der Waals surface area contributed by atoms with Gasteiger partial charge in [-0.05, 0) is 19.3 Å². The van der Waals surface area contributed by atoms with Gasteiger partial charge in [-0.25, -0.2) is 0 Å². The number of likely N-dealkylation sites (tertiary alicyclic amines) is 1. The average molecular weight is 254 g/mol. The number of nitrogens with zero attached hydrogens (tertiary/aromatic N) is 2. The molecule has 1 saturated carbocycles. The van der Waals surface area contributed by atoms with E-state index in [0.717, 1.165) is 63.9 Å². The summed E-state index contributed by atoms with van der Waals surface area (Å²) in [7, 11) is 0. The Kier molecular flexibility index (Phi) is 4.62. The first-order valence-corrected chi connectivity index (χ1v) is 7.32. The quantitative estimate of drug-likeness (QED) is 0.600. The van der Waals surface area contributed by atoms with Gasteiger partial charge in [0.15, 0.2) is 0 Å². The smallest absolute Gasteiger partial charge is 0.0774 e. The summed E-state index contributed by atoms with van der Waals surface area (Å²) in [5.74, 6) is 0.357. The number of rotatable bonds is 3. The maximum atomic E-state index is 10.6. The Balaban J connectivity index is 1.90. The molecule has 4 nitrogen and oxygen atoms in total. The first-order valence-electron chi connectivity index (χ1n) is 7.32. The molecule has 4 heteroatoms. The van der Waals surface area contributed by atoms with Crippen LogP contribution in [0.1, 0.15) is 51.9 Å². The summed E-state index contributed by atoms with van der Waals surface area (Å²) in [6, 6.07) is 0. The van der Waals surface area contributed by atoms with Crippen LogP contribution in [0.5, 0.6) is 0 Å². The van der Waals surface area contributed by atoms with Crippen molar-refractivity contribution in [1.29, 1.82) is 0 Å². The van der Waals surface area contributed by atoms with Crippen LogP contribution >= 0.6 is 0 Å². The maximum absolute atomic E-state index is 10.6. The zero-order chi connectivity index (χ0) is 13.0. The summed E-state index contributed by atoms with van der Waals surface area (Å²) in [5, 5.41) is 23.0. The summed E-state index contributed by atoms with van der Waals surface area (Å²) in [6.45, 7) is 4.77. The molecule has 0 radical (unpaired) electrons. The van der Waals surface area contributed by atoms with Gasteiger partial charge in [0, 0.05) is 32.0 Å². The maximum Gasteiger partial charge on any atom is 0.0774 e. The van der Waals surface area contributed by atoms with Crippen molar-refractivity contribution in [3.8, 4) is 0 Å². The molecule has 2 aliphatic rings. The van der Waals surface area contributed by atoms with E-state index in [0.29, 0.717) is 5.92 Å². The molecule has 0 spiro atoms. The lowest BCUT2D eigenvalue weighted by atomic mass is 9.83. The Bertz CT molecular complexity index is 298. The lowest BCUT2D eigenvalue weighted by Gasteiger charge is -2.40. The summed E-state index contributed by atoms with van der Waals surface area (Å²) in [5.41, 5.74) is 0.467. The molecule has 1 atom stereocenters. The number of oxime groups is 1. The number of hydrogen-bond acceptors (Lipinski definition) is 4. The highest BCUT2D eigenvalue weighted by molar-refractivity contribution is 5.87. The second kappa shape index (κ2) is 6.02. The molecule has 2 N–H and O–H groups in total. The Morgan fingerprint density at radius 3 is 2.67 bits per heavy atom. The van der Waals surface area contributed by atoms with E-state index in [9.17, 15) is 5.11 Å². The summed E-state index contributed by atoms with van der Waals surface area (Å²) in [6.07, 6.45) is 7.32. The van der Waals surface area contributed by atoms with E-state index in [1.54, 1.807) is 0 Å². The van der Waals surface area contributed by atoms with Gasteiger partial charge < -0.3 is 10.3 Å². The molecule has 1 heterocycles. The monoisotopic (exact) mass is 254 g/mol. The van der Waals surface area contributed by atoms with Gasteiger partial charge in [0.1, 0.15) is 0 Å². The van der Waals surface area contributed by atoms with Gasteiger partial charge in [-0.2, -0.15) is 0 Å². The second-order valence-electron chi connectivity index (χ2n) is 5.97. The van der Waals surface area contributed by atoms with Crippen LogP contribution in [0.25, 0.3) is 0 Å². The SMILES string of the molecule is CCC1CN(CC2(O)CCCCC2)CCC1=NO. The molecular weight excluding hydrogens is 228 g/mol. The summed E-state index contributed by atoms with van der Waals surface area (Å²) in [4.78, 5) is 2.36. The topological polar surface area (TPSA) is 56.1 Å². The van der Waals surface area contributed by atoms with Gasteiger partial charge in [0.05, 0.1) is 11.3 Å². The number of hydrogen-bond donors (Lipinski definition) is 2. The Morgan fingerprint density at radius 2 is 2.06 bits per heavy atom. The Labute approximate surface area is 110 Å². The van der Waals surface area contributed by atoms with Crippen molar-refractivity contribution < 1.29 is 10.3 Å². The molecule has 1 aliphatic heterocycles. The first-order chi connectivity index (χ1) is 8.67. The number of piperidine rings is 1. The van der Waals surface area contributed by atoms with E-state index in [-0.39, 0.29) is 0 Å². The van der Waals surface area contributed by atoms with Gasteiger partial charge >= 0.3 is 0 Å². The van der Waals surface area contributed by atoms with Crippen LogP contribution in [0.4, 0.5) is 0 Å². The molecule has 2 fully saturated rings. The summed E-state index contributed by atoms with van der Waals surface area (Å²) >= 11 is 0. The van der Waals surface area contributed by atoms with Crippen molar-refractivity contribution in [1.82, 2.24) is 4.90 Å². The zero-order valence-corrected chi connectivity index (χ0v) is 11.4.